The maximum Gasteiger partial charge on any atom is 0.325 e. The highest BCUT2D eigenvalue weighted by atomic mass is 79.9. The molecule has 3 N–H and O–H groups in total. The Morgan fingerprint density at radius 1 is 1.13 bits per heavy atom. The van der Waals surface area contributed by atoms with Gasteiger partial charge >= 0.3 is 5.69 Å². The molecule has 23 heavy (non-hydrogen) atoms. The van der Waals surface area contributed by atoms with Crippen molar-refractivity contribution in [3.63, 3.8) is 0 Å². The molecular formula is C14H11BrN4O4. The van der Waals surface area contributed by atoms with Gasteiger partial charge in [0.05, 0.1) is 12.1 Å². The molecule has 1 unspecified atom stereocenters. The minimum absolute atomic E-state index is 0.0217. The van der Waals surface area contributed by atoms with E-state index >= 15 is 0 Å². The third-order valence-electron chi connectivity index (χ3n) is 3.38. The van der Waals surface area contributed by atoms with Crippen LogP contribution in [0.15, 0.2) is 44.5 Å². The van der Waals surface area contributed by atoms with Crippen molar-refractivity contribution in [2.24, 2.45) is 0 Å². The van der Waals surface area contributed by atoms with E-state index in [4.69, 9.17) is 0 Å². The fourth-order valence-electron chi connectivity index (χ4n) is 2.31. The molecule has 0 bridgehead atoms. The SMILES string of the molecule is O=C1CC(Nc2c[nH]c(=O)[nH]c2=O)C(=O)N1c1ccc(Br)cc1. The van der Waals surface area contributed by atoms with Crippen LogP contribution >= 0.6 is 15.9 Å². The molecule has 0 aliphatic carbocycles. The molecule has 8 nitrogen and oxygen atoms in total. The lowest BCUT2D eigenvalue weighted by Gasteiger charge is -2.15. The van der Waals surface area contributed by atoms with Crippen molar-refractivity contribution < 1.29 is 9.59 Å². The summed E-state index contributed by atoms with van der Waals surface area (Å²) in [5.74, 6) is -0.821. The number of aromatic amines is 2. The van der Waals surface area contributed by atoms with Crippen LogP contribution in [-0.4, -0.2) is 27.8 Å². The Morgan fingerprint density at radius 2 is 1.83 bits per heavy atom. The van der Waals surface area contributed by atoms with Crippen molar-refractivity contribution in [2.45, 2.75) is 12.5 Å². The van der Waals surface area contributed by atoms with Gasteiger partial charge in [-0.25, -0.2) is 9.69 Å². The summed E-state index contributed by atoms with van der Waals surface area (Å²) in [6.45, 7) is 0. The average molecular weight is 379 g/mol. The highest BCUT2D eigenvalue weighted by Crippen LogP contribution is 2.25. The maximum atomic E-state index is 12.4. The third-order valence-corrected chi connectivity index (χ3v) is 3.91. The summed E-state index contributed by atoms with van der Waals surface area (Å²) in [7, 11) is 0. The van der Waals surface area contributed by atoms with Gasteiger partial charge in [0, 0.05) is 10.7 Å². The zero-order valence-corrected chi connectivity index (χ0v) is 13.2. The molecule has 2 aromatic rings. The Morgan fingerprint density at radius 3 is 2.48 bits per heavy atom. The fourth-order valence-corrected chi connectivity index (χ4v) is 2.58. The van der Waals surface area contributed by atoms with E-state index in [1.165, 1.54) is 6.20 Å². The van der Waals surface area contributed by atoms with Crippen LogP contribution in [0.2, 0.25) is 0 Å². The highest BCUT2D eigenvalue weighted by Gasteiger charge is 2.39. The molecular weight excluding hydrogens is 368 g/mol. The summed E-state index contributed by atoms with van der Waals surface area (Å²) in [5.41, 5.74) is -0.821. The van der Waals surface area contributed by atoms with Crippen molar-refractivity contribution in [1.82, 2.24) is 9.97 Å². The number of aromatic nitrogens is 2. The molecule has 1 aromatic heterocycles. The number of imide groups is 1. The second-order valence-electron chi connectivity index (χ2n) is 4.93. The predicted octanol–water partition coefficient (Wildman–Crippen LogP) is 0.570. The number of H-pyrrole nitrogens is 2. The number of carbonyl (C=O) groups excluding carboxylic acids is 2. The number of anilines is 2. The van der Waals surface area contributed by atoms with Gasteiger partial charge in [-0.3, -0.25) is 19.4 Å². The summed E-state index contributed by atoms with van der Waals surface area (Å²) in [5, 5.41) is 2.69. The second-order valence-corrected chi connectivity index (χ2v) is 5.85. The van der Waals surface area contributed by atoms with Crippen LogP contribution in [0.1, 0.15) is 6.42 Å². The largest absolute Gasteiger partial charge is 0.368 e. The number of rotatable bonds is 3. The van der Waals surface area contributed by atoms with Crippen molar-refractivity contribution in [3.8, 4) is 0 Å². The molecule has 2 amide bonds. The second kappa shape index (κ2) is 5.84. The Balaban J connectivity index is 1.85. The van der Waals surface area contributed by atoms with Crippen molar-refractivity contribution in [1.29, 1.82) is 0 Å². The lowest BCUT2D eigenvalue weighted by Crippen LogP contribution is -2.36. The van der Waals surface area contributed by atoms with Gasteiger partial charge in [-0.1, -0.05) is 15.9 Å². The van der Waals surface area contributed by atoms with Gasteiger partial charge in [-0.05, 0) is 24.3 Å². The minimum atomic E-state index is -0.863. The van der Waals surface area contributed by atoms with E-state index in [2.05, 4.69) is 26.2 Å². The monoisotopic (exact) mass is 378 g/mol. The number of nitrogens with zero attached hydrogens (tertiary/aromatic N) is 1. The summed E-state index contributed by atoms with van der Waals surface area (Å²) < 4.78 is 0.829. The Kier molecular flexibility index (Phi) is 3.87. The predicted molar refractivity (Wildman–Crippen MR) is 86.3 cm³/mol. The van der Waals surface area contributed by atoms with Crippen LogP contribution < -0.4 is 21.5 Å². The molecule has 118 valence electrons. The number of benzene rings is 1. The van der Waals surface area contributed by atoms with Gasteiger partial charge in [0.25, 0.3) is 11.5 Å². The molecule has 1 saturated heterocycles. The molecule has 1 atom stereocenters. The average Bonchev–Trinajstić information content (AvgIpc) is 2.78. The molecule has 1 aromatic carbocycles. The molecule has 0 spiro atoms. The van der Waals surface area contributed by atoms with Gasteiger partial charge < -0.3 is 10.3 Å². The number of halogens is 1. The molecule has 1 fully saturated rings. The van der Waals surface area contributed by atoms with E-state index in [9.17, 15) is 19.2 Å². The molecule has 1 aliphatic heterocycles. The minimum Gasteiger partial charge on any atom is -0.368 e. The first-order chi connectivity index (χ1) is 11.0. The molecule has 0 saturated carbocycles. The van der Waals surface area contributed by atoms with Crippen molar-refractivity contribution in [3.05, 3.63) is 55.8 Å². The van der Waals surface area contributed by atoms with Crippen LogP contribution in [-0.2, 0) is 9.59 Å². The fraction of sp³-hybridized carbons (Fsp3) is 0.143. The molecule has 2 heterocycles. The topological polar surface area (TPSA) is 115 Å². The number of nitrogens with one attached hydrogen (secondary N) is 3. The maximum absolute atomic E-state index is 12.4. The smallest absolute Gasteiger partial charge is 0.325 e. The van der Waals surface area contributed by atoms with Crippen LogP contribution in [0.3, 0.4) is 0 Å². The van der Waals surface area contributed by atoms with Crippen LogP contribution in [0.4, 0.5) is 11.4 Å². The lowest BCUT2D eigenvalue weighted by molar-refractivity contribution is -0.121. The van der Waals surface area contributed by atoms with Gasteiger partial charge in [0.2, 0.25) is 5.91 Å². The van der Waals surface area contributed by atoms with Crippen molar-refractivity contribution >= 4 is 39.1 Å². The summed E-state index contributed by atoms with van der Waals surface area (Å²) in [6.07, 6.45) is 1.09. The molecule has 9 heteroatoms. The van der Waals surface area contributed by atoms with Crippen LogP contribution in [0.25, 0.3) is 0 Å². The van der Waals surface area contributed by atoms with Gasteiger partial charge in [0.15, 0.2) is 0 Å². The number of hydrogen-bond acceptors (Lipinski definition) is 5. The van der Waals surface area contributed by atoms with E-state index in [-0.39, 0.29) is 18.0 Å². The Hall–Kier alpha value is -2.68. The highest BCUT2D eigenvalue weighted by molar-refractivity contribution is 9.10. The number of carbonyl (C=O) groups is 2. The van der Waals surface area contributed by atoms with E-state index in [0.29, 0.717) is 5.69 Å². The van der Waals surface area contributed by atoms with E-state index in [1.807, 2.05) is 4.98 Å². The van der Waals surface area contributed by atoms with Crippen LogP contribution in [0, 0.1) is 0 Å². The summed E-state index contributed by atoms with van der Waals surface area (Å²) in [6, 6.07) is 5.88. The summed E-state index contributed by atoms with van der Waals surface area (Å²) in [4.78, 5) is 52.6. The zero-order chi connectivity index (χ0) is 16.6. The Labute approximate surface area is 137 Å². The molecule has 1 aliphatic rings. The lowest BCUT2D eigenvalue weighted by atomic mass is 10.2. The molecule has 0 radical (unpaired) electrons. The summed E-state index contributed by atoms with van der Waals surface area (Å²) >= 11 is 3.29. The van der Waals surface area contributed by atoms with Gasteiger partial charge in [-0.15, -0.1) is 0 Å². The van der Waals surface area contributed by atoms with E-state index in [1.54, 1.807) is 24.3 Å². The first-order valence-electron chi connectivity index (χ1n) is 6.66. The van der Waals surface area contributed by atoms with Crippen LogP contribution in [0.5, 0.6) is 0 Å². The first-order valence-corrected chi connectivity index (χ1v) is 7.46. The zero-order valence-electron chi connectivity index (χ0n) is 11.6. The van der Waals surface area contributed by atoms with Gasteiger partial charge in [-0.2, -0.15) is 0 Å². The van der Waals surface area contributed by atoms with E-state index in [0.717, 1.165) is 9.37 Å². The van der Waals surface area contributed by atoms with Crippen molar-refractivity contribution in [2.75, 3.05) is 10.2 Å². The van der Waals surface area contributed by atoms with E-state index < -0.39 is 23.2 Å². The normalized spacial score (nSPS) is 17.6. The van der Waals surface area contributed by atoms with Gasteiger partial charge in [0.1, 0.15) is 11.7 Å². The molecule has 3 rings (SSSR count). The third kappa shape index (κ3) is 2.95. The quantitative estimate of drug-likeness (QED) is 0.675. The standard InChI is InChI=1S/C14H11BrN4O4/c15-7-1-3-8(4-2-7)19-11(20)5-9(13(19)22)17-10-6-16-14(23)18-12(10)21/h1-4,6,9,17H,5H2,(H2,16,18,21,23). The number of amides is 2. The number of hydrogen-bond donors (Lipinski definition) is 3. The first kappa shape index (κ1) is 15.2. The Bertz CT molecular complexity index is 887.